The first-order valence-corrected chi connectivity index (χ1v) is 10.8. The third kappa shape index (κ3) is 4.50. The number of rotatable bonds is 6. The van der Waals surface area contributed by atoms with Gasteiger partial charge in [-0.3, -0.25) is 4.79 Å². The van der Waals surface area contributed by atoms with Crippen LogP contribution in [0.3, 0.4) is 0 Å². The summed E-state index contributed by atoms with van der Waals surface area (Å²) in [7, 11) is 0. The molecule has 0 spiro atoms. The lowest BCUT2D eigenvalue weighted by Crippen LogP contribution is -2.19. The van der Waals surface area contributed by atoms with Gasteiger partial charge in [0.1, 0.15) is 21.4 Å². The van der Waals surface area contributed by atoms with E-state index in [1.54, 1.807) is 17.7 Å². The van der Waals surface area contributed by atoms with E-state index in [9.17, 15) is 4.79 Å². The van der Waals surface area contributed by atoms with E-state index in [0.29, 0.717) is 12.5 Å². The van der Waals surface area contributed by atoms with Crippen LogP contribution in [0.5, 0.6) is 0 Å². The molecule has 3 aromatic rings. The highest BCUT2D eigenvalue weighted by atomic mass is 32.2. The molecule has 1 atom stereocenters. The Balaban J connectivity index is 1.93. The van der Waals surface area contributed by atoms with Crippen LogP contribution in [0.1, 0.15) is 31.9 Å². The number of carbonyl (C=O) groups excluding carboxylic acids is 1. The largest absolute Gasteiger partial charge is 0.465 e. The van der Waals surface area contributed by atoms with Gasteiger partial charge in [0.05, 0.1) is 12.0 Å². The van der Waals surface area contributed by atoms with E-state index < -0.39 is 0 Å². The summed E-state index contributed by atoms with van der Waals surface area (Å²) in [5.41, 5.74) is 4.79. The summed E-state index contributed by atoms with van der Waals surface area (Å²) < 4.78 is 5.37. The normalized spacial score (nSPS) is 12.5. The highest BCUT2D eigenvalue weighted by Crippen LogP contribution is 2.39. The minimum atomic E-state index is -0.325. The van der Waals surface area contributed by atoms with Crippen molar-refractivity contribution in [2.24, 2.45) is 5.92 Å². The fourth-order valence-corrected chi connectivity index (χ4v) is 4.55. The topological polar surface area (TPSA) is 52.1 Å². The first kappa shape index (κ1) is 19.8. The van der Waals surface area contributed by atoms with Gasteiger partial charge in [-0.1, -0.05) is 43.8 Å². The zero-order valence-electron chi connectivity index (χ0n) is 16.3. The number of thiophene rings is 1. The summed E-state index contributed by atoms with van der Waals surface area (Å²) in [6.45, 7) is 10.6. The third-order valence-corrected chi connectivity index (χ3v) is 6.30. The second-order valence-electron chi connectivity index (χ2n) is 7.09. The molecule has 0 fully saturated rings. The molecule has 3 rings (SSSR count). The van der Waals surface area contributed by atoms with Gasteiger partial charge in [0.15, 0.2) is 0 Å². The number of thioether (sulfide) groups is 1. The Morgan fingerprint density at radius 2 is 1.96 bits per heavy atom. The number of carbonyl (C=O) groups is 1. The molecule has 2 heterocycles. The van der Waals surface area contributed by atoms with Gasteiger partial charge in [0, 0.05) is 10.9 Å². The van der Waals surface area contributed by atoms with E-state index in [0.717, 1.165) is 26.4 Å². The second-order valence-corrected chi connectivity index (χ2v) is 9.28. The average molecular weight is 401 g/mol. The molecule has 4 nitrogen and oxygen atoms in total. The maximum atomic E-state index is 12.3. The lowest BCUT2D eigenvalue weighted by molar-refractivity contribution is -0.143. The maximum Gasteiger partial charge on any atom is 0.319 e. The van der Waals surface area contributed by atoms with E-state index >= 15 is 0 Å². The molecule has 0 aliphatic rings. The van der Waals surface area contributed by atoms with Crippen molar-refractivity contribution in [3.05, 3.63) is 41.0 Å². The van der Waals surface area contributed by atoms with Gasteiger partial charge in [-0.25, -0.2) is 9.97 Å². The van der Waals surface area contributed by atoms with Gasteiger partial charge < -0.3 is 4.74 Å². The van der Waals surface area contributed by atoms with Crippen LogP contribution in [0.4, 0.5) is 0 Å². The van der Waals surface area contributed by atoms with Crippen LogP contribution in [-0.2, 0) is 9.53 Å². The highest BCUT2D eigenvalue weighted by Gasteiger charge is 2.21. The van der Waals surface area contributed by atoms with Crippen molar-refractivity contribution in [1.29, 1.82) is 0 Å². The van der Waals surface area contributed by atoms with E-state index in [4.69, 9.17) is 4.74 Å². The molecule has 6 heteroatoms. The van der Waals surface area contributed by atoms with Crippen molar-refractivity contribution in [1.82, 2.24) is 9.97 Å². The van der Waals surface area contributed by atoms with Gasteiger partial charge >= 0.3 is 5.97 Å². The molecular formula is C21H24N2O2S2. The van der Waals surface area contributed by atoms with Crippen LogP contribution in [0.15, 0.2) is 34.9 Å². The summed E-state index contributed by atoms with van der Waals surface area (Å²) in [5.74, 6) is 0.119. The number of benzene rings is 1. The van der Waals surface area contributed by atoms with Crippen molar-refractivity contribution in [2.45, 2.75) is 44.9 Å². The number of nitrogens with zero attached hydrogens (tertiary/aromatic N) is 2. The lowest BCUT2D eigenvalue weighted by Gasteiger charge is -2.13. The Kier molecular flexibility index (Phi) is 6.17. The molecule has 0 aliphatic heterocycles. The van der Waals surface area contributed by atoms with Gasteiger partial charge in [-0.15, -0.1) is 11.3 Å². The molecule has 27 heavy (non-hydrogen) atoms. The molecule has 0 saturated carbocycles. The minimum absolute atomic E-state index is 0.205. The monoisotopic (exact) mass is 400 g/mol. The van der Waals surface area contributed by atoms with E-state index in [1.165, 1.54) is 22.9 Å². The molecule has 1 aromatic carbocycles. The molecule has 2 aromatic heterocycles. The zero-order valence-corrected chi connectivity index (χ0v) is 17.9. The van der Waals surface area contributed by atoms with Gasteiger partial charge in [0.25, 0.3) is 0 Å². The highest BCUT2D eigenvalue weighted by molar-refractivity contribution is 8.00. The number of hydrogen-bond acceptors (Lipinski definition) is 6. The van der Waals surface area contributed by atoms with Crippen LogP contribution in [0.2, 0.25) is 0 Å². The maximum absolute atomic E-state index is 12.3. The molecule has 0 N–H and O–H groups in total. The Labute approximate surface area is 168 Å². The molecule has 0 amide bonds. The van der Waals surface area contributed by atoms with Crippen molar-refractivity contribution in [2.75, 3.05) is 6.61 Å². The number of aryl methyl sites for hydroxylation is 2. The van der Waals surface area contributed by atoms with E-state index in [1.807, 2.05) is 20.8 Å². The predicted octanol–water partition coefficient (Wildman–Crippen LogP) is 5.65. The van der Waals surface area contributed by atoms with Gasteiger partial charge in [-0.2, -0.15) is 0 Å². The Hall–Kier alpha value is -1.92. The average Bonchev–Trinajstić information content (AvgIpc) is 3.07. The summed E-state index contributed by atoms with van der Waals surface area (Å²) in [5, 5.41) is 3.63. The first-order chi connectivity index (χ1) is 12.9. The standard InChI is InChI=1S/C21H24N2O2S2/c1-12(2)9-25-21(24)15(5)27-20-18-17(10-26-19(18)22-11-23-20)16-7-6-13(3)14(4)8-16/h6-8,10-12,15H,9H2,1-5H3/t15-/m0/s1. The van der Waals surface area contributed by atoms with Crippen LogP contribution in [-0.4, -0.2) is 27.8 Å². The number of hydrogen-bond donors (Lipinski definition) is 0. The smallest absolute Gasteiger partial charge is 0.319 e. The predicted molar refractivity (Wildman–Crippen MR) is 113 cm³/mol. The lowest BCUT2D eigenvalue weighted by atomic mass is 10.0. The van der Waals surface area contributed by atoms with Crippen molar-refractivity contribution >= 4 is 39.3 Å². The third-order valence-electron chi connectivity index (χ3n) is 4.33. The molecule has 0 unspecified atom stereocenters. The van der Waals surface area contributed by atoms with Crippen molar-refractivity contribution in [3.8, 4) is 11.1 Å². The van der Waals surface area contributed by atoms with Crippen molar-refractivity contribution < 1.29 is 9.53 Å². The fourth-order valence-electron chi connectivity index (χ4n) is 2.64. The molecular weight excluding hydrogens is 376 g/mol. The molecule has 142 valence electrons. The number of esters is 1. The number of ether oxygens (including phenoxy) is 1. The van der Waals surface area contributed by atoms with Gasteiger partial charge in [-0.05, 0) is 43.4 Å². The Morgan fingerprint density at radius 1 is 1.19 bits per heavy atom. The second kappa shape index (κ2) is 8.40. The van der Waals surface area contributed by atoms with Crippen LogP contribution in [0.25, 0.3) is 21.3 Å². The molecule has 0 bridgehead atoms. The van der Waals surface area contributed by atoms with Gasteiger partial charge in [0.2, 0.25) is 0 Å². The summed E-state index contributed by atoms with van der Waals surface area (Å²) >= 11 is 3.04. The Bertz CT molecular complexity index is 966. The summed E-state index contributed by atoms with van der Waals surface area (Å²) in [4.78, 5) is 22.1. The fraction of sp³-hybridized carbons (Fsp3) is 0.381. The molecule has 0 radical (unpaired) electrons. The van der Waals surface area contributed by atoms with E-state index in [2.05, 4.69) is 47.4 Å². The SMILES string of the molecule is Cc1ccc(-c2csc3ncnc(S[C@@H](C)C(=O)OCC(C)C)c23)cc1C. The summed E-state index contributed by atoms with van der Waals surface area (Å²) in [6, 6.07) is 6.46. The molecule has 0 aliphatic carbocycles. The number of aromatic nitrogens is 2. The minimum Gasteiger partial charge on any atom is -0.465 e. The van der Waals surface area contributed by atoms with Crippen LogP contribution >= 0.6 is 23.1 Å². The quantitative estimate of drug-likeness (QED) is 0.304. The van der Waals surface area contributed by atoms with Crippen molar-refractivity contribution in [3.63, 3.8) is 0 Å². The number of fused-ring (bicyclic) bond motifs is 1. The Morgan fingerprint density at radius 3 is 2.67 bits per heavy atom. The first-order valence-electron chi connectivity index (χ1n) is 9.00. The molecule has 0 saturated heterocycles. The van der Waals surface area contributed by atoms with Crippen LogP contribution in [0, 0.1) is 19.8 Å². The zero-order chi connectivity index (χ0) is 19.6. The van der Waals surface area contributed by atoms with E-state index in [-0.39, 0.29) is 11.2 Å². The summed E-state index contributed by atoms with van der Waals surface area (Å²) in [6.07, 6.45) is 1.57. The van der Waals surface area contributed by atoms with Crippen LogP contribution < -0.4 is 0 Å².